The predicted molar refractivity (Wildman–Crippen MR) is 48.9 cm³/mol. The molecule has 0 unspecified atom stereocenters. The molecule has 0 saturated heterocycles. The van der Waals surface area contributed by atoms with E-state index in [0.717, 1.165) is 0 Å². The molecule has 0 aliphatic carbocycles. The first kappa shape index (κ1) is 8.62. The fourth-order valence-electron chi connectivity index (χ4n) is 1.19. The van der Waals surface area contributed by atoms with Gasteiger partial charge in [-0.3, -0.25) is 4.79 Å². The highest BCUT2D eigenvalue weighted by atomic mass is 19.1. The number of rotatable bonds is 2. The predicted octanol–water partition coefficient (Wildman–Crippen LogP) is 1.82. The molecule has 0 amide bonds. The number of carbonyl (C=O) groups is 1. The van der Waals surface area contributed by atoms with Crippen LogP contribution in [0.4, 0.5) is 4.39 Å². The van der Waals surface area contributed by atoms with E-state index in [4.69, 9.17) is 0 Å². The Morgan fingerprint density at radius 1 is 1.43 bits per heavy atom. The summed E-state index contributed by atoms with van der Waals surface area (Å²) in [5.41, 5.74) is 0.705. The van der Waals surface area contributed by atoms with Crippen LogP contribution in [0.25, 0.3) is 5.69 Å². The fourth-order valence-corrected chi connectivity index (χ4v) is 1.19. The third kappa shape index (κ3) is 1.42. The van der Waals surface area contributed by atoms with E-state index in [1.165, 1.54) is 22.9 Å². The quantitative estimate of drug-likeness (QED) is 0.677. The fraction of sp³-hybridized carbons (Fsp3) is 0. The molecule has 2 aromatic rings. The summed E-state index contributed by atoms with van der Waals surface area (Å²) in [5, 5.41) is 3.88. The van der Waals surface area contributed by atoms with Crippen molar-refractivity contribution in [2.45, 2.75) is 0 Å². The van der Waals surface area contributed by atoms with Crippen LogP contribution in [0.2, 0.25) is 0 Å². The zero-order valence-corrected chi connectivity index (χ0v) is 7.22. The van der Waals surface area contributed by atoms with Crippen LogP contribution >= 0.6 is 0 Å². The Morgan fingerprint density at radius 2 is 2.29 bits per heavy atom. The zero-order valence-electron chi connectivity index (χ0n) is 7.22. The molecule has 0 atom stereocenters. The second kappa shape index (κ2) is 3.41. The first-order valence-corrected chi connectivity index (χ1v) is 4.06. The lowest BCUT2D eigenvalue weighted by molar-refractivity contribution is 0.112. The van der Waals surface area contributed by atoms with E-state index in [1.54, 1.807) is 18.5 Å². The number of hydrogen-bond acceptors (Lipinski definition) is 2. The van der Waals surface area contributed by atoms with Crippen LogP contribution < -0.4 is 0 Å². The Kier molecular flexibility index (Phi) is 2.10. The SMILES string of the molecule is O=Cc1ccc(F)c(-n2cccn2)c1. The molecule has 3 nitrogen and oxygen atoms in total. The molecule has 0 radical (unpaired) electrons. The standard InChI is InChI=1S/C10H7FN2O/c11-9-3-2-8(7-14)6-10(9)13-5-1-4-12-13/h1-7H. The van der Waals surface area contributed by atoms with Crippen molar-refractivity contribution in [3.8, 4) is 5.69 Å². The van der Waals surface area contributed by atoms with Gasteiger partial charge in [0.2, 0.25) is 0 Å². The highest BCUT2D eigenvalue weighted by Gasteiger charge is 2.04. The van der Waals surface area contributed by atoms with Crippen molar-refractivity contribution in [3.63, 3.8) is 0 Å². The third-order valence-electron chi connectivity index (χ3n) is 1.86. The third-order valence-corrected chi connectivity index (χ3v) is 1.86. The molecule has 0 aliphatic heterocycles. The van der Waals surface area contributed by atoms with Gasteiger partial charge in [-0.05, 0) is 24.3 Å². The zero-order chi connectivity index (χ0) is 9.97. The summed E-state index contributed by atoms with van der Waals surface area (Å²) in [6.07, 6.45) is 3.84. The van der Waals surface area contributed by atoms with E-state index in [1.807, 2.05) is 0 Å². The average Bonchev–Trinajstić information content (AvgIpc) is 2.71. The maximum Gasteiger partial charge on any atom is 0.150 e. The van der Waals surface area contributed by atoms with Gasteiger partial charge in [0.05, 0.1) is 0 Å². The molecule has 0 spiro atoms. The maximum atomic E-state index is 13.3. The second-order valence-electron chi connectivity index (χ2n) is 2.78. The topological polar surface area (TPSA) is 34.9 Å². The van der Waals surface area contributed by atoms with Crippen LogP contribution in [0.5, 0.6) is 0 Å². The summed E-state index contributed by atoms with van der Waals surface area (Å²) in [6.45, 7) is 0. The molecule has 1 heterocycles. The first-order valence-electron chi connectivity index (χ1n) is 4.06. The molecule has 0 fully saturated rings. The smallest absolute Gasteiger partial charge is 0.150 e. The Morgan fingerprint density at radius 3 is 2.93 bits per heavy atom. The molecular weight excluding hydrogens is 183 g/mol. The highest BCUT2D eigenvalue weighted by molar-refractivity contribution is 5.75. The van der Waals surface area contributed by atoms with Crippen LogP contribution in [0.1, 0.15) is 10.4 Å². The van der Waals surface area contributed by atoms with Crippen LogP contribution in [0, 0.1) is 5.82 Å². The highest BCUT2D eigenvalue weighted by Crippen LogP contribution is 2.13. The van der Waals surface area contributed by atoms with Gasteiger partial charge in [0.15, 0.2) is 0 Å². The average molecular weight is 190 g/mol. The molecule has 4 heteroatoms. The summed E-state index contributed by atoms with van der Waals surface area (Å²) in [5.74, 6) is -0.403. The van der Waals surface area contributed by atoms with Crippen LogP contribution in [-0.2, 0) is 0 Å². The monoisotopic (exact) mass is 190 g/mol. The van der Waals surface area contributed by atoms with Gasteiger partial charge in [-0.1, -0.05) is 0 Å². The number of aromatic nitrogens is 2. The minimum atomic E-state index is -0.403. The number of carbonyl (C=O) groups excluding carboxylic acids is 1. The summed E-state index contributed by atoms with van der Waals surface area (Å²) in [7, 11) is 0. The molecule has 0 bridgehead atoms. The lowest BCUT2D eigenvalue weighted by Crippen LogP contribution is -1.99. The first-order chi connectivity index (χ1) is 6.81. The summed E-state index contributed by atoms with van der Waals surface area (Å²) in [6, 6.07) is 5.82. The van der Waals surface area contributed by atoms with E-state index in [0.29, 0.717) is 11.8 Å². The summed E-state index contributed by atoms with van der Waals surface area (Å²) >= 11 is 0. The Bertz CT molecular complexity index is 451. The number of hydrogen-bond donors (Lipinski definition) is 0. The van der Waals surface area contributed by atoms with Gasteiger partial charge < -0.3 is 0 Å². The van der Waals surface area contributed by atoms with Gasteiger partial charge in [0.1, 0.15) is 17.8 Å². The van der Waals surface area contributed by atoms with Gasteiger partial charge in [0.25, 0.3) is 0 Å². The maximum absolute atomic E-state index is 13.3. The molecule has 1 aromatic carbocycles. The molecule has 1 aromatic heterocycles. The summed E-state index contributed by atoms with van der Waals surface area (Å²) in [4.78, 5) is 10.5. The van der Waals surface area contributed by atoms with Crippen molar-refractivity contribution < 1.29 is 9.18 Å². The van der Waals surface area contributed by atoms with Crippen molar-refractivity contribution >= 4 is 6.29 Å². The molecule has 2 rings (SSSR count). The van der Waals surface area contributed by atoms with E-state index in [9.17, 15) is 9.18 Å². The van der Waals surface area contributed by atoms with Gasteiger partial charge in [0, 0.05) is 18.0 Å². The normalized spacial score (nSPS) is 10.1. The van der Waals surface area contributed by atoms with Crippen molar-refractivity contribution in [2.24, 2.45) is 0 Å². The van der Waals surface area contributed by atoms with Crippen molar-refractivity contribution in [3.05, 3.63) is 48.0 Å². The molecular formula is C10H7FN2O. The van der Waals surface area contributed by atoms with Crippen LogP contribution in [0.3, 0.4) is 0 Å². The van der Waals surface area contributed by atoms with Crippen molar-refractivity contribution in [2.75, 3.05) is 0 Å². The minimum Gasteiger partial charge on any atom is -0.298 e. The lowest BCUT2D eigenvalue weighted by Gasteiger charge is -2.03. The van der Waals surface area contributed by atoms with E-state index >= 15 is 0 Å². The van der Waals surface area contributed by atoms with Gasteiger partial charge in [-0.2, -0.15) is 5.10 Å². The largest absolute Gasteiger partial charge is 0.298 e. The van der Waals surface area contributed by atoms with E-state index < -0.39 is 5.82 Å². The number of halogens is 1. The van der Waals surface area contributed by atoms with Crippen molar-refractivity contribution in [1.29, 1.82) is 0 Å². The van der Waals surface area contributed by atoms with Gasteiger partial charge >= 0.3 is 0 Å². The number of aldehydes is 1. The van der Waals surface area contributed by atoms with Crippen molar-refractivity contribution in [1.82, 2.24) is 9.78 Å². The number of nitrogens with zero attached hydrogens (tertiary/aromatic N) is 2. The second-order valence-corrected chi connectivity index (χ2v) is 2.78. The molecule has 0 aliphatic rings. The molecule has 0 N–H and O–H groups in total. The Balaban J connectivity index is 2.57. The molecule has 0 saturated carbocycles. The van der Waals surface area contributed by atoms with Crippen LogP contribution in [0.15, 0.2) is 36.7 Å². The molecule has 14 heavy (non-hydrogen) atoms. The van der Waals surface area contributed by atoms with E-state index in [2.05, 4.69) is 5.10 Å². The summed E-state index contributed by atoms with van der Waals surface area (Å²) < 4.78 is 14.7. The Hall–Kier alpha value is -1.97. The van der Waals surface area contributed by atoms with E-state index in [-0.39, 0.29) is 5.69 Å². The van der Waals surface area contributed by atoms with Gasteiger partial charge in [-0.25, -0.2) is 9.07 Å². The number of benzene rings is 1. The lowest BCUT2D eigenvalue weighted by atomic mass is 10.2. The minimum absolute atomic E-state index is 0.277. The molecule has 70 valence electrons. The Labute approximate surface area is 79.8 Å². The van der Waals surface area contributed by atoms with Crippen LogP contribution in [-0.4, -0.2) is 16.1 Å². The van der Waals surface area contributed by atoms with Gasteiger partial charge in [-0.15, -0.1) is 0 Å².